The molecule has 0 N–H and O–H groups in total. The van der Waals surface area contributed by atoms with E-state index in [0.29, 0.717) is 23.7 Å². The number of halogens is 1. The van der Waals surface area contributed by atoms with E-state index in [1.807, 2.05) is 12.1 Å². The quantitative estimate of drug-likeness (QED) is 0.340. The molecule has 2 aromatic heterocycles. The van der Waals surface area contributed by atoms with Gasteiger partial charge in [0.1, 0.15) is 4.21 Å². The van der Waals surface area contributed by atoms with Crippen molar-refractivity contribution in [3.8, 4) is 0 Å². The molecule has 0 unspecified atom stereocenters. The molecule has 0 amide bonds. The maximum absolute atomic E-state index is 12.9. The van der Waals surface area contributed by atoms with Gasteiger partial charge in [0.15, 0.2) is 0 Å². The Morgan fingerprint density at radius 1 is 1.03 bits per heavy atom. The third-order valence-electron chi connectivity index (χ3n) is 6.07. The third-order valence-corrected chi connectivity index (χ3v) is 9.56. The number of benzene rings is 2. The van der Waals surface area contributed by atoms with E-state index < -0.39 is 10.0 Å². The van der Waals surface area contributed by atoms with Crippen LogP contribution in [0.2, 0.25) is 5.02 Å². The highest BCUT2D eigenvalue weighted by molar-refractivity contribution is 7.91. The summed E-state index contributed by atoms with van der Waals surface area (Å²) < 4.78 is 30.1. The van der Waals surface area contributed by atoms with Crippen LogP contribution in [-0.4, -0.2) is 30.4 Å². The van der Waals surface area contributed by atoms with Crippen molar-refractivity contribution in [3.05, 3.63) is 94.0 Å². The molecule has 0 aliphatic carbocycles. The average Bonchev–Trinajstić information content (AvgIpc) is 3.44. The molecule has 0 bridgehead atoms. The number of fused-ring (bicyclic) bond motifs is 1. The molecule has 1 aliphatic rings. The first-order chi connectivity index (χ1) is 15.4. The van der Waals surface area contributed by atoms with Crippen molar-refractivity contribution >= 4 is 49.4 Å². The van der Waals surface area contributed by atoms with Crippen LogP contribution in [0.5, 0.6) is 0 Å². The Balaban J connectivity index is 1.50. The topological polar surface area (TPSA) is 42.3 Å². The maximum Gasteiger partial charge on any atom is 0.252 e. The summed E-state index contributed by atoms with van der Waals surface area (Å²) in [7, 11) is -3.42. The second-order valence-electron chi connectivity index (χ2n) is 7.96. The van der Waals surface area contributed by atoms with E-state index in [1.165, 1.54) is 44.6 Å². The lowest BCUT2D eigenvalue weighted by atomic mass is 9.97. The Kier molecular flexibility index (Phi) is 5.72. The Bertz CT molecular complexity index is 1400. The Morgan fingerprint density at radius 2 is 1.81 bits per heavy atom. The summed E-state index contributed by atoms with van der Waals surface area (Å²) in [5, 5.41) is 3.74. The second-order valence-corrected chi connectivity index (χ2v) is 11.5. The van der Waals surface area contributed by atoms with Gasteiger partial charge in [-0.25, -0.2) is 8.42 Å². The van der Waals surface area contributed by atoms with Crippen LogP contribution in [0.4, 0.5) is 0 Å². The van der Waals surface area contributed by atoms with Crippen LogP contribution >= 0.6 is 22.9 Å². The van der Waals surface area contributed by atoms with Crippen LogP contribution in [-0.2, 0) is 16.6 Å². The first-order valence-electron chi connectivity index (χ1n) is 10.5. The van der Waals surface area contributed by atoms with E-state index in [-0.39, 0.29) is 0 Å². The lowest BCUT2D eigenvalue weighted by Crippen LogP contribution is -2.34. The SMILES string of the molecule is Cc1c(C2=CCN(S(=O)(=O)c3cccs3)CC2)c2ccccc2n1Cc1ccc(Cl)cc1. The van der Waals surface area contributed by atoms with E-state index in [4.69, 9.17) is 11.6 Å². The maximum atomic E-state index is 12.9. The number of sulfonamides is 1. The highest BCUT2D eigenvalue weighted by Crippen LogP contribution is 2.36. The summed E-state index contributed by atoms with van der Waals surface area (Å²) in [5.41, 5.74) is 6.01. The number of hydrogen-bond acceptors (Lipinski definition) is 3. The highest BCUT2D eigenvalue weighted by atomic mass is 35.5. The van der Waals surface area contributed by atoms with E-state index in [0.717, 1.165) is 11.6 Å². The molecule has 4 aromatic rings. The standard InChI is InChI=1S/C25H23ClN2O2S2/c1-18-25(20-12-14-27(15-13-20)32(29,30)24-7-4-16-31-24)22-5-2-3-6-23(22)28(18)17-19-8-10-21(26)11-9-19/h2-12,16H,13-15,17H2,1H3. The van der Waals surface area contributed by atoms with Crippen LogP contribution in [0.3, 0.4) is 0 Å². The van der Waals surface area contributed by atoms with E-state index in [1.54, 1.807) is 21.8 Å². The summed E-state index contributed by atoms with van der Waals surface area (Å²) in [6.45, 7) is 3.80. The summed E-state index contributed by atoms with van der Waals surface area (Å²) in [6.07, 6.45) is 2.77. The molecule has 32 heavy (non-hydrogen) atoms. The van der Waals surface area contributed by atoms with Gasteiger partial charge in [-0.15, -0.1) is 11.3 Å². The van der Waals surface area contributed by atoms with Crippen molar-refractivity contribution in [2.45, 2.75) is 24.1 Å². The van der Waals surface area contributed by atoms with Crippen LogP contribution in [0.1, 0.15) is 23.2 Å². The normalized spacial score (nSPS) is 15.2. The largest absolute Gasteiger partial charge is 0.340 e. The van der Waals surface area contributed by atoms with E-state index in [2.05, 4.69) is 54.0 Å². The van der Waals surface area contributed by atoms with Crippen molar-refractivity contribution in [1.29, 1.82) is 0 Å². The molecule has 0 saturated heterocycles. The van der Waals surface area contributed by atoms with Gasteiger partial charge in [-0.2, -0.15) is 4.31 Å². The number of nitrogens with zero attached hydrogens (tertiary/aromatic N) is 2. The summed E-state index contributed by atoms with van der Waals surface area (Å²) in [4.78, 5) is 0. The van der Waals surface area contributed by atoms with Gasteiger partial charge in [0.2, 0.25) is 0 Å². The smallest absolute Gasteiger partial charge is 0.252 e. The Labute approximate surface area is 197 Å². The van der Waals surface area contributed by atoms with Crippen molar-refractivity contribution in [3.63, 3.8) is 0 Å². The summed E-state index contributed by atoms with van der Waals surface area (Å²) >= 11 is 7.33. The fourth-order valence-corrected chi connectivity index (χ4v) is 7.10. The minimum Gasteiger partial charge on any atom is -0.340 e. The zero-order chi connectivity index (χ0) is 22.3. The third kappa shape index (κ3) is 3.82. The van der Waals surface area contributed by atoms with Gasteiger partial charge in [-0.1, -0.05) is 54.1 Å². The predicted molar refractivity (Wildman–Crippen MR) is 133 cm³/mol. The van der Waals surface area contributed by atoms with Crippen molar-refractivity contribution < 1.29 is 8.42 Å². The molecule has 3 heterocycles. The average molecular weight is 483 g/mol. The molecule has 4 nitrogen and oxygen atoms in total. The van der Waals surface area contributed by atoms with Gasteiger partial charge in [0.05, 0.1) is 0 Å². The summed E-state index contributed by atoms with van der Waals surface area (Å²) in [6, 6.07) is 19.9. The number of para-hydroxylation sites is 1. The lowest BCUT2D eigenvalue weighted by molar-refractivity contribution is 0.442. The summed E-state index contributed by atoms with van der Waals surface area (Å²) in [5.74, 6) is 0. The molecule has 0 saturated carbocycles. The van der Waals surface area contributed by atoms with E-state index >= 15 is 0 Å². The predicted octanol–water partition coefficient (Wildman–Crippen LogP) is 6.19. The van der Waals surface area contributed by atoms with Gasteiger partial charge in [-0.3, -0.25) is 0 Å². The molecule has 5 rings (SSSR count). The molecular formula is C25H23ClN2O2S2. The number of aromatic nitrogens is 1. The Hall–Kier alpha value is -2.38. The monoisotopic (exact) mass is 482 g/mol. The van der Waals surface area contributed by atoms with E-state index in [9.17, 15) is 8.42 Å². The molecule has 0 atom stereocenters. The minimum atomic E-state index is -3.42. The molecule has 0 spiro atoms. The first-order valence-corrected chi connectivity index (χ1v) is 13.2. The molecule has 0 radical (unpaired) electrons. The van der Waals surface area contributed by atoms with Crippen LogP contribution in [0.25, 0.3) is 16.5 Å². The van der Waals surface area contributed by atoms with Crippen LogP contribution < -0.4 is 0 Å². The molecular weight excluding hydrogens is 460 g/mol. The number of hydrogen-bond donors (Lipinski definition) is 0. The zero-order valence-corrected chi connectivity index (χ0v) is 20.1. The Morgan fingerprint density at radius 3 is 2.50 bits per heavy atom. The van der Waals surface area contributed by atoms with Crippen LogP contribution in [0.15, 0.2) is 76.3 Å². The van der Waals surface area contributed by atoms with Crippen molar-refractivity contribution in [1.82, 2.24) is 8.87 Å². The molecule has 164 valence electrons. The number of thiophene rings is 1. The molecule has 7 heteroatoms. The first kappa shape index (κ1) is 21.5. The zero-order valence-electron chi connectivity index (χ0n) is 17.7. The van der Waals surface area contributed by atoms with Gasteiger partial charge in [0.25, 0.3) is 10.0 Å². The number of rotatable bonds is 5. The lowest BCUT2D eigenvalue weighted by Gasteiger charge is -2.25. The van der Waals surface area contributed by atoms with Gasteiger partial charge in [0, 0.05) is 46.8 Å². The molecule has 2 aromatic carbocycles. The highest BCUT2D eigenvalue weighted by Gasteiger charge is 2.28. The second kappa shape index (κ2) is 8.52. The van der Waals surface area contributed by atoms with Crippen molar-refractivity contribution in [2.24, 2.45) is 0 Å². The van der Waals surface area contributed by atoms with Gasteiger partial charge < -0.3 is 4.57 Å². The van der Waals surface area contributed by atoms with Gasteiger partial charge >= 0.3 is 0 Å². The fourth-order valence-electron chi connectivity index (χ4n) is 4.45. The molecule has 1 aliphatic heterocycles. The van der Waals surface area contributed by atoms with Crippen molar-refractivity contribution in [2.75, 3.05) is 13.1 Å². The van der Waals surface area contributed by atoms with Crippen LogP contribution in [0, 0.1) is 6.92 Å². The fraction of sp³-hybridized carbons (Fsp3) is 0.200. The van der Waals surface area contributed by atoms with Gasteiger partial charge in [-0.05, 0) is 54.1 Å². The minimum absolute atomic E-state index is 0.395. The molecule has 0 fully saturated rings.